The van der Waals surface area contributed by atoms with Crippen LogP contribution in [0.25, 0.3) is 0 Å². The van der Waals surface area contributed by atoms with Crippen molar-refractivity contribution in [2.45, 2.75) is 96.8 Å². The Kier molecular flexibility index (Phi) is 11.7. The summed E-state index contributed by atoms with van der Waals surface area (Å²) >= 11 is 0. The third-order valence-corrected chi connectivity index (χ3v) is 4.30. The predicted molar refractivity (Wildman–Crippen MR) is 93.4 cm³/mol. The van der Waals surface area contributed by atoms with E-state index < -0.39 is 0 Å². The quantitative estimate of drug-likeness (QED) is 0.259. The number of carbonyl (C=O) groups is 1. The summed E-state index contributed by atoms with van der Waals surface area (Å²) in [7, 11) is 0. The SMILES string of the molecule is CCCCCCCCCCCCCCCC(=O)c1ccco1. The molecule has 0 N–H and O–H groups in total. The van der Waals surface area contributed by atoms with Crippen LogP contribution in [0.3, 0.4) is 0 Å². The summed E-state index contributed by atoms with van der Waals surface area (Å²) in [5.74, 6) is 0.659. The zero-order chi connectivity index (χ0) is 15.9. The van der Waals surface area contributed by atoms with Crippen molar-refractivity contribution in [3.8, 4) is 0 Å². The number of furan rings is 1. The molecule has 0 spiro atoms. The van der Waals surface area contributed by atoms with E-state index >= 15 is 0 Å². The Bertz CT molecular complexity index is 354. The molecule has 0 saturated heterocycles. The maximum atomic E-state index is 11.7. The summed E-state index contributed by atoms with van der Waals surface area (Å²) in [6.45, 7) is 2.27. The maximum Gasteiger partial charge on any atom is 0.197 e. The Morgan fingerprint density at radius 2 is 1.32 bits per heavy atom. The van der Waals surface area contributed by atoms with Gasteiger partial charge >= 0.3 is 0 Å². The van der Waals surface area contributed by atoms with Gasteiger partial charge < -0.3 is 4.42 Å². The second kappa shape index (κ2) is 13.6. The molecule has 1 rings (SSSR count). The van der Waals surface area contributed by atoms with E-state index in [0.717, 1.165) is 6.42 Å². The number of ketones is 1. The summed E-state index contributed by atoms with van der Waals surface area (Å²) < 4.78 is 5.11. The molecule has 0 aliphatic heterocycles. The summed E-state index contributed by atoms with van der Waals surface area (Å²) in [5, 5.41) is 0. The fraction of sp³-hybridized carbons (Fsp3) is 0.750. The van der Waals surface area contributed by atoms with Gasteiger partial charge in [0.1, 0.15) is 0 Å². The zero-order valence-corrected chi connectivity index (χ0v) is 14.4. The van der Waals surface area contributed by atoms with Crippen molar-refractivity contribution in [2.24, 2.45) is 0 Å². The fourth-order valence-corrected chi connectivity index (χ4v) is 2.86. The summed E-state index contributed by atoms with van der Waals surface area (Å²) in [5.41, 5.74) is 0. The van der Waals surface area contributed by atoms with Crippen LogP contribution < -0.4 is 0 Å². The number of Topliss-reactive ketones (excluding diaryl/α,β-unsaturated/α-hetero) is 1. The van der Waals surface area contributed by atoms with Gasteiger partial charge in [0.2, 0.25) is 0 Å². The Balaban J connectivity index is 1.77. The average Bonchev–Trinajstić information content (AvgIpc) is 3.06. The minimum Gasteiger partial charge on any atom is -0.461 e. The Labute approximate surface area is 136 Å². The van der Waals surface area contributed by atoms with Gasteiger partial charge in [-0.3, -0.25) is 4.79 Å². The van der Waals surface area contributed by atoms with Crippen LogP contribution in [0.4, 0.5) is 0 Å². The standard InChI is InChI=1S/C20H34O2/c1-2-3-4-5-6-7-8-9-10-11-12-13-14-16-19(21)20-17-15-18-22-20/h15,17-18H,2-14,16H2,1H3. The zero-order valence-electron chi connectivity index (χ0n) is 14.4. The minimum atomic E-state index is 0.146. The lowest BCUT2D eigenvalue weighted by Gasteiger charge is -2.02. The number of hydrogen-bond acceptors (Lipinski definition) is 2. The van der Waals surface area contributed by atoms with Crippen LogP contribution >= 0.6 is 0 Å². The van der Waals surface area contributed by atoms with Crippen molar-refractivity contribution in [1.29, 1.82) is 0 Å². The summed E-state index contributed by atoms with van der Waals surface area (Å²) in [6, 6.07) is 3.53. The van der Waals surface area contributed by atoms with Crippen LogP contribution in [0.15, 0.2) is 22.8 Å². The molecule has 0 radical (unpaired) electrons. The molecule has 2 heteroatoms. The van der Waals surface area contributed by atoms with Gasteiger partial charge in [-0.25, -0.2) is 0 Å². The Morgan fingerprint density at radius 1 is 0.818 bits per heavy atom. The van der Waals surface area contributed by atoms with Crippen LogP contribution in [-0.4, -0.2) is 5.78 Å². The molecule has 1 aromatic heterocycles. The first-order valence-corrected chi connectivity index (χ1v) is 9.41. The normalized spacial score (nSPS) is 11.0. The first-order valence-electron chi connectivity index (χ1n) is 9.41. The van der Waals surface area contributed by atoms with E-state index in [4.69, 9.17) is 4.42 Å². The highest BCUT2D eigenvalue weighted by Crippen LogP contribution is 2.14. The molecule has 2 nitrogen and oxygen atoms in total. The van der Waals surface area contributed by atoms with E-state index in [0.29, 0.717) is 12.2 Å². The van der Waals surface area contributed by atoms with Crippen molar-refractivity contribution in [2.75, 3.05) is 0 Å². The first-order chi connectivity index (χ1) is 10.8. The molecule has 0 bridgehead atoms. The molecule has 0 aromatic carbocycles. The van der Waals surface area contributed by atoms with Gasteiger partial charge in [-0.1, -0.05) is 84.0 Å². The molecule has 22 heavy (non-hydrogen) atoms. The lowest BCUT2D eigenvalue weighted by molar-refractivity contribution is 0.0952. The van der Waals surface area contributed by atoms with Crippen LogP contribution in [0, 0.1) is 0 Å². The molecule has 1 aromatic rings. The van der Waals surface area contributed by atoms with E-state index in [9.17, 15) is 4.79 Å². The monoisotopic (exact) mass is 306 g/mol. The molecule has 0 aliphatic carbocycles. The largest absolute Gasteiger partial charge is 0.461 e. The number of carbonyl (C=O) groups excluding carboxylic acids is 1. The molecule has 0 aliphatic rings. The van der Waals surface area contributed by atoms with Crippen LogP contribution in [-0.2, 0) is 0 Å². The molecule has 1 heterocycles. The molecule has 126 valence electrons. The summed E-state index contributed by atoms with van der Waals surface area (Å²) in [4.78, 5) is 11.7. The van der Waals surface area contributed by atoms with Gasteiger partial charge in [0, 0.05) is 6.42 Å². The smallest absolute Gasteiger partial charge is 0.197 e. The van der Waals surface area contributed by atoms with Crippen molar-refractivity contribution in [3.05, 3.63) is 24.2 Å². The van der Waals surface area contributed by atoms with Crippen molar-refractivity contribution in [3.63, 3.8) is 0 Å². The van der Waals surface area contributed by atoms with E-state index in [-0.39, 0.29) is 5.78 Å². The predicted octanol–water partition coefficient (Wildman–Crippen LogP) is 6.94. The molecule has 0 fully saturated rings. The minimum absolute atomic E-state index is 0.146. The fourth-order valence-electron chi connectivity index (χ4n) is 2.86. The van der Waals surface area contributed by atoms with E-state index in [1.165, 1.54) is 77.0 Å². The number of rotatable bonds is 15. The maximum absolute atomic E-state index is 11.7. The molecule has 0 saturated carbocycles. The van der Waals surface area contributed by atoms with Gasteiger partial charge in [0.15, 0.2) is 11.5 Å². The van der Waals surface area contributed by atoms with E-state index in [2.05, 4.69) is 6.92 Å². The second-order valence-electron chi connectivity index (χ2n) is 6.39. The topological polar surface area (TPSA) is 30.2 Å². The second-order valence-corrected chi connectivity index (χ2v) is 6.39. The van der Waals surface area contributed by atoms with Gasteiger partial charge in [0.05, 0.1) is 6.26 Å². The highest BCUT2D eigenvalue weighted by molar-refractivity contribution is 5.93. The highest BCUT2D eigenvalue weighted by atomic mass is 16.3. The van der Waals surface area contributed by atoms with E-state index in [1.807, 2.05) is 0 Å². The number of hydrogen-bond donors (Lipinski definition) is 0. The molecule has 0 amide bonds. The van der Waals surface area contributed by atoms with Crippen LogP contribution in [0.5, 0.6) is 0 Å². The van der Waals surface area contributed by atoms with Crippen LogP contribution in [0.2, 0.25) is 0 Å². The lowest BCUT2D eigenvalue weighted by atomic mass is 10.0. The van der Waals surface area contributed by atoms with Crippen LogP contribution in [0.1, 0.15) is 107 Å². The van der Waals surface area contributed by atoms with Gasteiger partial charge in [-0.15, -0.1) is 0 Å². The first kappa shape index (κ1) is 19.0. The molecule has 0 atom stereocenters. The molecular formula is C20H34O2. The Morgan fingerprint density at radius 3 is 1.77 bits per heavy atom. The third kappa shape index (κ3) is 9.81. The molecule has 0 unspecified atom stereocenters. The van der Waals surface area contributed by atoms with Gasteiger partial charge in [-0.2, -0.15) is 0 Å². The van der Waals surface area contributed by atoms with Crippen molar-refractivity contribution in [1.82, 2.24) is 0 Å². The Hall–Kier alpha value is -1.05. The van der Waals surface area contributed by atoms with Gasteiger partial charge in [0.25, 0.3) is 0 Å². The van der Waals surface area contributed by atoms with E-state index in [1.54, 1.807) is 18.4 Å². The third-order valence-electron chi connectivity index (χ3n) is 4.30. The average molecular weight is 306 g/mol. The molecular weight excluding hydrogens is 272 g/mol. The van der Waals surface area contributed by atoms with Gasteiger partial charge in [-0.05, 0) is 18.6 Å². The van der Waals surface area contributed by atoms with Crippen molar-refractivity contribution < 1.29 is 9.21 Å². The lowest BCUT2D eigenvalue weighted by Crippen LogP contribution is -1.96. The highest BCUT2D eigenvalue weighted by Gasteiger charge is 2.07. The van der Waals surface area contributed by atoms with Crippen molar-refractivity contribution >= 4 is 5.78 Å². The number of unbranched alkanes of at least 4 members (excludes halogenated alkanes) is 12. The summed E-state index contributed by atoms with van der Waals surface area (Å²) in [6.07, 6.45) is 19.6.